The maximum absolute atomic E-state index is 6.43. The molecule has 0 aliphatic heterocycles. The Morgan fingerprint density at radius 3 is 2.32 bits per heavy atom. The van der Waals surface area contributed by atoms with E-state index in [0.29, 0.717) is 11.6 Å². The van der Waals surface area contributed by atoms with Crippen LogP contribution in [0.1, 0.15) is 42.1 Å². The summed E-state index contributed by atoms with van der Waals surface area (Å²) in [5, 5.41) is 2.10. The first-order valence-electron chi connectivity index (χ1n) is 11.8. The molecule has 0 saturated carbocycles. The number of fused-ring (bicyclic) bond motifs is 4. The Balaban J connectivity index is 1.71. The predicted molar refractivity (Wildman–Crippen MR) is 140 cm³/mol. The van der Waals surface area contributed by atoms with Gasteiger partial charge in [0.25, 0.3) is 0 Å². The number of furan rings is 1. The average Bonchev–Trinajstić information content (AvgIpc) is 3.36. The van der Waals surface area contributed by atoms with E-state index in [9.17, 15) is 0 Å². The van der Waals surface area contributed by atoms with E-state index in [2.05, 4.69) is 99.8 Å². The summed E-state index contributed by atoms with van der Waals surface area (Å²) in [7, 11) is 0. The molecule has 168 valence electrons. The first-order valence-corrected chi connectivity index (χ1v) is 11.8. The third kappa shape index (κ3) is 3.06. The molecular weight excluding hydrogens is 418 g/mol. The number of hydrogen-bond donors (Lipinski definition) is 0. The van der Waals surface area contributed by atoms with Crippen LogP contribution in [0.15, 0.2) is 71.1 Å². The number of hydrogen-bond acceptors (Lipinski definition) is 3. The second-order valence-corrected chi connectivity index (χ2v) is 9.53. The van der Waals surface area contributed by atoms with Gasteiger partial charge < -0.3 is 4.42 Å². The molecule has 0 radical (unpaired) electrons. The van der Waals surface area contributed by atoms with E-state index < -0.39 is 0 Å². The van der Waals surface area contributed by atoms with Gasteiger partial charge in [-0.1, -0.05) is 55.8 Å². The number of para-hydroxylation sites is 3. The van der Waals surface area contributed by atoms with Crippen LogP contribution < -0.4 is 0 Å². The van der Waals surface area contributed by atoms with Crippen LogP contribution in [0.3, 0.4) is 0 Å². The summed E-state index contributed by atoms with van der Waals surface area (Å²) in [4.78, 5) is 9.93. The molecule has 0 N–H and O–H groups in total. The molecule has 4 nitrogen and oxygen atoms in total. The van der Waals surface area contributed by atoms with E-state index in [1.807, 2.05) is 6.07 Å². The summed E-state index contributed by atoms with van der Waals surface area (Å²) in [6.45, 7) is 10.8. The minimum absolute atomic E-state index is 0.341. The van der Waals surface area contributed by atoms with Gasteiger partial charge in [0.2, 0.25) is 5.71 Å². The van der Waals surface area contributed by atoms with Crippen LogP contribution in [-0.2, 0) is 0 Å². The van der Waals surface area contributed by atoms with Crippen molar-refractivity contribution in [2.24, 2.45) is 0 Å². The Kier molecular flexibility index (Phi) is 4.59. The van der Waals surface area contributed by atoms with Gasteiger partial charge in [-0.15, -0.1) is 0 Å². The first-order chi connectivity index (χ1) is 16.4. The summed E-state index contributed by atoms with van der Waals surface area (Å²) >= 11 is 0. The van der Waals surface area contributed by atoms with Gasteiger partial charge in [0.1, 0.15) is 11.4 Å². The highest BCUT2D eigenvalue weighted by molar-refractivity contribution is 6.08. The van der Waals surface area contributed by atoms with Crippen molar-refractivity contribution >= 4 is 33.1 Å². The smallest absolute Gasteiger partial charge is 0.227 e. The van der Waals surface area contributed by atoms with Crippen LogP contribution in [0.4, 0.5) is 0 Å². The molecule has 6 aromatic rings. The van der Waals surface area contributed by atoms with Crippen LogP contribution in [0.5, 0.6) is 0 Å². The minimum atomic E-state index is 0.341. The fourth-order valence-corrected chi connectivity index (χ4v) is 5.15. The van der Waals surface area contributed by atoms with Gasteiger partial charge in [-0.05, 0) is 68.1 Å². The molecular formula is C30H27N3O. The second-order valence-electron chi connectivity index (χ2n) is 9.53. The molecule has 0 saturated heterocycles. The highest BCUT2D eigenvalue weighted by Gasteiger charge is 2.21. The zero-order valence-corrected chi connectivity index (χ0v) is 20.2. The predicted octanol–water partition coefficient (Wildman–Crippen LogP) is 8.04. The zero-order chi connectivity index (χ0) is 23.6. The number of imidazole rings is 1. The summed E-state index contributed by atoms with van der Waals surface area (Å²) in [6, 6.07) is 23.3. The van der Waals surface area contributed by atoms with E-state index in [1.165, 1.54) is 22.4 Å². The topological polar surface area (TPSA) is 43.9 Å². The Labute approximate surface area is 198 Å². The molecule has 0 fully saturated rings. The Bertz CT molecular complexity index is 1700. The third-order valence-corrected chi connectivity index (χ3v) is 6.64. The van der Waals surface area contributed by atoms with Crippen molar-refractivity contribution in [2.75, 3.05) is 0 Å². The van der Waals surface area contributed by atoms with Gasteiger partial charge >= 0.3 is 0 Å². The fourth-order valence-electron chi connectivity index (χ4n) is 5.15. The number of rotatable bonds is 3. The average molecular weight is 446 g/mol. The van der Waals surface area contributed by atoms with Gasteiger partial charge in [-0.3, -0.25) is 4.57 Å². The van der Waals surface area contributed by atoms with Crippen LogP contribution in [-0.4, -0.2) is 14.5 Å². The highest BCUT2D eigenvalue weighted by Crippen LogP contribution is 2.38. The van der Waals surface area contributed by atoms with Gasteiger partial charge in [-0.25, -0.2) is 9.97 Å². The lowest BCUT2D eigenvalue weighted by molar-refractivity contribution is 0.648. The first kappa shape index (κ1) is 20.7. The van der Waals surface area contributed by atoms with Crippen LogP contribution in [0.25, 0.3) is 50.2 Å². The fraction of sp³-hybridized carbons (Fsp3) is 0.200. The maximum Gasteiger partial charge on any atom is 0.227 e. The van der Waals surface area contributed by atoms with Crippen molar-refractivity contribution < 1.29 is 4.42 Å². The molecule has 0 aliphatic carbocycles. The van der Waals surface area contributed by atoms with E-state index >= 15 is 0 Å². The quantitative estimate of drug-likeness (QED) is 0.277. The number of pyridine rings is 1. The van der Waals surface area contributed by atoms with Crippen LogP contribution >= 0.6 is 0 Å². The number of benzene rings is 3. The van der Waals surface area contributed by atoms with Gasteiger partial charge in [-0.2, -0.15) is 0 Å². The normalized spacial score (nSPS) is 11.9. The lowest BCUT2D eigenvalue weighted by Crippen LogP contribution is -2.03. The van der Waals surface area contributed by atoms with E-state index in [0.717, 1.165) is 44.5 Å². The molecule has 34 heavy (non-hydrogen) atoms. The lowest BCUT2D eigenvalue weighted by Gasteiger charge is -2.16. The summed E-state index contributed by atoms with van der Waals surface area (Å²) in [5.74, 6) is 1.22. The number of aryl methyl sites for hydroxylation is 3. The minimum Gasteiger partial charge on any atom is -0.437 e. The summed E-state index contributed by atoms with van der Waals surface area (Å²) < 4.78 is 8.72. The molecule has 6 rings (SSSR count). The maximum atomic E-state index is 6.43. The molecule has 4 heteroatoms. The zero-order valence-electron chi connectivity index (χ0n) is 20.2. The molecule has 0 atom stereocenters. The number of nitrogens with zero attached hydrogens (tertiary/aromatic N) is 3. The second kappa shape index (κ2) is 7.56. The lowest BCUT2D eigenvalue weighted by atomic mass is 10.0. The highest BCUT2D eigenvalue weighted by atomic mass is 16.3. The molecule has 0 aliphatic rings. The van der Waals surface area contributed by atoms with Gasteiger partial charge in [0, 0.05) is 16.5 Å². The molecule has 0 unspecified atom stereocenters. The van der Waals surface area contributed by atoms with Crippen molar-refractivity contribution in [1.29, 1.82) is 0 Å². The van der Waals surface area contributed by atoms with Crippen molar-refractivity contribution in [3.8, 4) is 17.1 Å². The standard InChI is InChI=1S/C30H27N3O/c1-17(2)24-14-13-22-21-9-8-10-23(28(21)34-30(22)32-24)29-31-25-11-6-7-12-26(25)33(29)27-19(4)15-18(3)16-20(27)5/h6-17H,1-5H3. The van der Waals surface area contributed by atoms with Crippen LogP contribution in [0, 0.1) is 20.8 Å². The van der Waals surface area contributed by atoms with Crippen LogP contribution in [0.2, 0.25) is 0 Å². The van der Waals surface area contributed by atoms with Crippen molar-refractivity contribution in [1.82, 2.24) is 14.5 Å². The van der Waals surface area contributed by atoms with Crippen molar-refractivity contribution in [2.45, 2.75) is 40.5 Å². The van der Waals surface area contributed by atoms with Gasteiger partial charge in [0.15, 0.2) is 0 Å². The molecule has 0 bridgehead atoms. The van der Waals surface area contributed by atoms with Crippen molar-refractivity contribution in [3.05, 3.63) is 89.1 Å². The molecule has 0 spiro atoms. The summed E-state index contributed by atoms with van der Waals surface area (Å²) in [5.41, 5.74) is 10.4. The Morgan fingerprint density at radius 1 is 0.794 bits per heavy atom. The molecule has 0 amide bonds. The monoisotopic (exact) mass is 445 g/mol. The summed E-state index contributed by atoms with van der Waals surface area (Å²) in [6.07, 6.45) is 0. The van der Waals surface area contributed by atoms with Crippen molar-refractivity contribution in [3.63, 3.8) is 0 Å². The van der Waals surface area contributed by atoms with E-state index in [1.54, 1.807) is 0 Å². The molecule has 3 aromatic heterocycles. The Hall–Kier alpha value is -3.92. The van der Waals surface area contributed by atoms with Gasteiger partial charge in [0.05, 0.1) is 22.3 Å². The molecule has 3 aromatic carbocycles. The van der Waals surface area contributed by atoms with E-state index in [4.69, 9.17) is 14.4 Å². The SMILES string of the molecule is Cc1cc(C)c(-n2c(-c3cccc4c3oc3nc(C(C)C)ccc34)nc3ccccc32)c(C)c1. The molecule has 3 heterocycles. The number of aromatic nitrogens is 3. The Morgan fingerprint density at radius 2 is 1.56 bits per heavy atom. The largest absolute Gasteiger partial charge is 0.437 e. The third-order valence-electron chi connectivity index (χ3n) is 6.64. The van der Waals surface area contributed by atoms with E-state index in [-0.39, 0.29) is 0 Å².